The molecule has 0 saturated heterocycles. The summed E-state index contributed by atoms with van der Waals surface area (Å²) in [5.74, 6) is -3.16. The van der Waals surface area contributed by atoms with E-state index in [1.807, 2.05) is 0 Å². The summed E-state index contributed by atoms with van der Waals surface area (Å²) >= 11 is 0. The Morgan fingerprint density at radius 1 is 0.829 bits per heavy atom. The summed E-state index contributed by atoms with van der Waals surface area (Å²) in [6, 6.07) is 17.2. The van der Waals surface area contributed by atoms with Gasteiger partial charge in [-0.25, -0.2) is 17.2 Å². The maximum absolute atomic E-state index is 13.8. The van der Waals surface area contributed by atoms with Gasteiger partial charge in [0, 0.05) is 18.7 Å². The van der Waals surface area contributed by atoms with Crippen molar-refractivity contribution < 1.29 is 26.8 Å². The van der Waals surface area contributed by atoms with E-state index in [1.165, 1.54) is 39.5 Å². The third-order valence-electron chi connectivity index (χ3n) is 5.25. The third kappa shape index (κ3) is 5.83. The average Bonchev–Trinajstić information content (AvgIpc) is 2.85. The number of anilines is 2. The molecule has 0 fully saturated rings. The van der Waals surface area contributed by atoms with Crippen LogP contribution in [0, 0.1) is 11.6 Å². The quantitative estimate of drug-likeness (QED) is 0.474. The van der Waals surface area contributed by atoms with Crippen molar-refractivity contribution >= 4 is 33.2 Å². The normalized spacial score (nSPS) is 11.1. The van der Waals surface area contributed by atoms with Crippen LogP contribution in [0.4, 0.5) is 20.2 Å². The zero-order valence-electron chi connectivity index (χ0n) is 19.2. The van der Waals surface area contributed by atoms with Crippen molar-refractivity contribution in [2.45, 2.75) is 18.7 Å². The van der Waals surface area contributed by atoms with E-state index in [1.54, 1.807) is 44.2 Å². The van der Waals surface area contributed by atoms with Crippen LogP contribution in [-0.2, 0) is 14.8 Å². The second kappa shape index (κ2) is 11.1. The molecule has 7 nitrogen and oxygen atoms in total. The molecule has 0 aliphatic rings. The number of nitrogens with one attached hydrogen (secondary N) is 1. The van der Waals surface area contributed by atoms with Crippen molar-refractivity contribution in [1.29, 1.82) is 0 Å². The first-order valence-electron chi connectivity index (χ1n) is 10.9. The number of hydrogen-bond donors (Lipinski definition) is 1. The molecule has 0 radical (unpaired) electrons. The van der Waals surface area contributed by atoms with E-state index in [0.717, 1.165) is 12.1 Å². The standard InChI is InChI=1S/C25H25F2N3O4S/c1-3-29(17-23(31)28-24-21(26)11-8-12-22(24)27)25(32)18-13-15-20(16-14-18)35(33,34)30(4-2)19-9-6-5-7-10-19/h5-16H,3-4,17H2,1-2H3,(H,28,31). The predicted octanol–water partition coefficient (Wildman–Crippen LogP) is 4.28. The summed E-state index contributed by atoms with van der Waals surface area (Å²) in [6.45, 7) is 3.28. The van der Waals surface area contributed by atoms with Gasteiger partial charge >= 0.3 is 0 Å². The fourth-order valence-corrected chi connectivity index (χ4v) is 4.94. The Morgan fingerprint density at radius 3 is 1.97 bits per heavy atom. The maximum atomic E-state index is 13.8. The highest BCUT2D eigenvalue weighted by Crippen LogP contribution is 2.24. The van der Waals surface area contributed by atoms with Gasteiger partial charge in [0.25, 0.3) is 15.9 Å². The Bertz CT molecular complexity index is 1280. The second-order valence-electron chi connectivity index (χ2n) is 7.49. The zero-order chi connectivity index (χ0) is 25.6. The number of hydrogen-bond acceptors (Lipinski definition) is 4. The van der Waals surface area contributed by atoms with Crippen molar-refractivity contribution in [1.82, 2.24) is 4.90 Å². The monoisotopic (exact) mass is 501 g/mol. The molecule has 0 spiro atoms. The molecular weight excluding hydrogens is 476 g/mol. The molecule has 0 aliphatic carbocycles. The van der Waals surface area contributed by atoms with Crippen molar-refractivity contribution in [2.24, 2.45) is 0 Å². The highest BCUT2D eigenvalue weighted by atomic mass is 32.2. The molecule has 0 heterocycles. The number of carbonyl (C=O) groups is 2. The van der Waals surface area contributed by atoms with Crippen molar-refractivity contribution in [2.75, 3.05) is 29.3 Å². The molecule has 2 amide bonds. The number of nitrogens with zero attached hydrogens (tertiary/aromatic N) is 2. The van der Waals surface area contributed by atoms with Crippen LogP contribution in [0.15, 0.2) is 77.7 Å². The van der Waals surface area contributed by atoms with E-state index in [-0.39, 0.29) is 23.5 Å². The summed E-state index contributed by atoms with van der Waals surface area (Å²) in [5, 5.41) is 2.15. The molecule has 3 aromatic carbocycles. The summed E-state index contributed by atoms with van der Waals surface area (Å²) in [5.41, 5.74) is 0.0949. The van der Waals surface area contributed by atoms with Gasteiger partial charge in [0.2, 0.25) is 5.91 Å². The molecular formula is C25H25F2N3O4S. The molecule has 0 unspecified atom stereocenters. The Morgan fingerprint density at radius 2 is 1.43 bits per heavy atom. The fourth-order valence-electron chi connectivity index (χ4n) is 3.46. The highest BCUT2D eigenvalue weighted by molar-refractivity contribution is 7.92. The number of amides is 2. The molecule has 0 bridgehead atoms. The number of para-hydroxylation sites is 2. The lowest BCUT2D eigenvalue weighted by Gasteiger charge is -2.23. The van der Waals surface area contributed by atoms with Crippen LogP contribution in [0.1, 0.15) is 24.2 Å². The molecule has 0 atom stereocenters. The Hall–Kier alpha value is -3.79. The maximum Gasteiger partial charge on any atom is 0.264 e. The molecule has 3 aromatic rings. The first-order valence-corrected chi connectivity index (χ1v) is 12.3. The summed E-state index contributed by atoms with van der Waals surface area (Å²) < 4.78 is 55.1. The van der Waals surface area contributed by atoms with Crippen molar-refractivity contribution in [3.8, 4) is 0 Å². The van der Waals surface area contributed by atoms with Gasteiger partial charge in [0.15, 0.2) is 0 Å². The molecule has 1 N–H and O–H groups in total. The number of benzene rings is 3. The summed E-state index contributed by atoms with van der Waals surface area (Å²) in [6.07, 6.45) is 0. The topological polar surface area (TPSA) is 86.8 Å². The van der Waals surface area contributed by atoms with Crippen LogP contribution in [0.3, 0.4) is 0 Å². The SMILES string of the molecule is CCN(CC(=O)Nc1c(F)cccc1F)C(=O)c1ccc(S(=O)(=O)N(CC)c2ccccc2)cc1. The lowest BCUT2D eigenvalue weighted by atomic mass is 10.2. The van der Waals surface area contributed by atoms with E-state index in [2.05, 4.69) is 5.32 Å². The molecule has 10 heteroatoms. The van der Waals surface area contributed by atoms with Gasteiger partial charge in [-0.3, -0.25) is 13.9 Å². The van der Waals surface area contributed by atoms with E-state index in [9.17, 15) is 26.8 Å². The molecule has 0 aliphatic heterocycles. The Balaban J connectivity index is 1.75. The minimum absolute atomic E-state index is 0.00979. The Labute approximate surface area is 203 Å². The van der Waals surface area contributed by atoms with Crippen LogP contribution in [0.25, 0.3) is 0 Å². The van der Waals surface area contributed by atoms with Gasteiger partial charge in [-0.2, -0.15) is 0 Å². The first-order chi connectivity index (χ1) is 16.7. The summed E-state index contributed by atoms with van der Waals surface area (Å²) in [7, 11) is -3.86. The van der Waals surface area contributed by atoms with E-state index in [0.29, 0.717) is 5.69 Å². The lowest BCUT2D eigenvalue weighted by Crippen LogP contribution is -2.38. The molecule has 0 aromatic heterocycles. The third-order valence-corrected chi connectivity index (χ3v) is 7.17. The van der Waals surface area contributed by atoms with Gasteiger partial charge < -0.3 is 10.2 Å². The highest BCUT2D eigenvalue weighted by Gasteiger charge is 2.25. The minimum Gasteiger partial charge on any atom is -0.330 e. The number of likely N-dealkylation sites (N-methyl/N-ethyl adjacent to an activating group) is 1. The van der Waals surface area contributed by atoms with Crippen LogP contribution in [-0.4, -0.2) is 44.8 Å². The number of halogens is 2. The average molecular weight is 502 g/mol. The second-order valence-corrected chi connectivity index (χ2v) is 9.36. The first kappa shape index (κ1) is 25.8. The molecule has 184 valence electrons. The zero-order valence-corrected chi connectivity index (χ0v) is 20.1. The number of rotatable bonds is 9. The van der Waals surface area contributed by atoms with E-state index < -0.39 is 45.7 Å². The van der Waals surface area contributed by atoms with E-state index in [4.69, 9.17) is 0 Å². The molecule has 35 heavy (non-hydrogen) atoms. The van der Waals surface area contributed by atoms with Crippen LogP contribution in [0.5, 0.6) is 0 Å². The lowest BCUT2D eigenvalue weighted by molar-refractivity contribution is -0.116. The van der Waals surface area contributed by atoms with Gasteiger partial charge in [0.1, 0.15) is 23.9 Å². The van der Waals surface area contributed by atoms with Gasteiger partial charge in [-0.05, 0) is 62.4 Å². The minimum atomic E-state index is -3.86. The van der Waals surface area contributed by atoms with Crippen molar-refractivity contribution in [3.05, 3.63) is 90.0 Å². The summed E-state index contributed by atoms with van der Waals surface area (Å²) in [4.78, 5) is 26.4. The predicted molar refractivity (Wildman–Crippen MR) is 130 cm³/mol. The Kier molecular flexibility index (Phi) is 8.18. The van der Waals surface area contributed by atoms with E-state index >= 15 is 0 Å². The smallest absolute Gasteiger partial charge is 0.264 e. The van der Waals surface area contributed by atoms with Crippen molar-refractivity contribution in [3.63, 3.8) is 0 Å². The largest absolute Gasteiger partial charge is 0.330 e. The molecule has 0 saturated carbocycles. The number of carbonyl (C=O) groups excluding carboxylic acids is 2. The van der Waals surface area contributed by atoms with Crippen LogP contribution < -0.4 is 9.62 Å². The van der Waals surface area contributed by atoms with Crippen LogP contribution >= 0.6 is 0 Å². The molecule has 3 rings (SSSR count). The van der Waals surface area contributed by atoms with Gasteiger partial charge in [-0.15, -0.1) is 0 Å². The van der Waals surface area contributed by atoms with Gasteiger partial charge in [-0.1, -0.05) is 24.3 Å². The number of sulfonamides is 1. The van der Waals surface area contributed by atoms with Crippen LogP contribution in [0.2, 0.25) is 0 Å². The fraction of sp³-hybridized carbons (Fsp3) is 0.200. The van der Waals surface area contributed by atoms with Gasteiger partial charge in [0.05, 0.1) is 10.6 Å².